The Morgan fingerprint density at radius 3 is 3.00 bits per heavy atom. The maximum atomic E-state index is 12.2. The molecule has 3 nitrogen and oxygen atoms in total. The fraction of sp³-hybridized carbons (Fsp3) is 0.471. The lowest BCUT2D eigenvalue weighted by atomic mass is 9.93. The summed E-state index contributed by atoms with van der Waals surface area (Å²) in [4.78, 5) is 16.6. The van der Waals surface area contributed by atoms with Crippen LogP contribution < -0.4 is 0 Å². The van der Waals surface area contributed by atoms with Crippen molar-refractivity contribution >= 4 is 17.7 Å². The Bertz CT molecular complexity index is 586. The molecule has 3 aliphatic heterocycles. The molecular formula is C17H20N2OS. The number of hydrogen-bond donors (Lipinski definition) is 0. The molecule has 1 amide bonds. The molecule has 0 aliphatic carbocycles. The van der Waals surface area contributed by atoms with Crippen molar-refractivity contribution in [2.24, 2.45) is 5.92 Å². The molecule has 0 aromatic heterocycles. The lowest BCUT2D eigenvalue weighted by Gasteiger charge is -2.37. The van der Waals surface area contributed by atoms with Gasteiger partial charge in [0.05, 0.1) is 5.37 Å². The highest BCUT2D eigenvalue weighted by atomic mass is 32.2. The highest BCUT2D eigenvalue weighted by molar-refractivity contribution is 8.02. The standard InChI is InChI=1S/C17H20N2OS/c20-16-9-13(10-17-19(16)7-8-21-17)11-18-6-5-14-3-1-2-4-15(14)12-18/h1-4,7-8,13,17H,5-6,9-12H2. The Labute approximate surface area is 130 Å². The first kappa shape index (κ1) is 13.4. The van der Waals surface area contributed by atoms with Crippen LogP contribution in [0.2, 0.25) is 0 Å². The monoisotopic (exact) mass is 300 g/mol. The van der Waals surface area contributed by atoms with E-state index in [1.165, 1.54) is 11.1 Å². The number of thioether (sulfide) groups is 1. The fourth-order valence-corrected chi connectivity index (χ4v) is 4.79. The van der Waals surface area contributed by atoms with E-state index in [0.29, 0.717) is 23.6 Å². The molecule has 0 radical (unpaired) electrons. The van der Waals surface area contributed by atoms with Gasteiger partial charge in [-0.1, -0.05) is 24.3 Å². The first-order valence-electron chi connectivity index (χ1n) is 7.72. The van der Waals surface area contributed by atoms with Gasteiger partial charge in [0.25, 0.3) is 0 Å². The van der Waals surface area contributed by atoms with Crippen LogP contribution in [0.15, 0.2) is 35.9 Å². The van der Waals surface area contributed by atoms with E-state index >= 15 is 0 Å². The van der Waals surface area contributed by atoms with Crippen LogP contribution >= 0.6 is 11.8 Å². The summed E-state index contributed by atoms with van der Waals surface area (Å²) in [7, 11) is 0. The van der Waals surface area contributed by atoms with Crippen LogP contribution in [0, 0.1) is 5.92 Å². The average molecular weight is 300 g/mol. The second kappa shape index (κ2) is 5.50. The number of rotatable bonds is 2. The second-order valence-electron chi connectivity index (χ2n) is 6.24. The Morgan fingerprint density at radius 2 is 2.10 bits per heavy atom. The molecule has 0 bridgehead atoms. The van der Waals surface area contributed by atoms with Gasteiger partial charge >= 0.3 is 0 Å². The van der Waals surface area contributed by atoms with Crippen molar-refractivity contribution in [2.75, 3.05) is 13.1 Å². The van der Waals surface area contributed by atoms with Gasteiger partial charge in [0.15, 0.2) is 0 Å². The van der Waals surface area contributed by atoms with Crippen molar-refractivity contribution in [1.29, 1.82) is 0 Å². The van der Waals surface area contributed by atoms with Crippen LogP contribution in [0.1, 0.15) is 24.0 Å². The van der Waals surface area contributed by atoms with Gasteiger partial charge in [-0.15, -0.1) is 11.8 Å². The number of amides is 1. The van der Waals surface area contributed by atoms with E-state index in [1.807, 2.05) is 11.1 Å². The number of hydrogen-bond acceptors (Lipinski definition) is 3. The van der Waals surface area contributed by atoms with E-state index in [4.69, 9.17) is 0 Å². The van der Waals surface area contributed by atoms with Crippen LogP contribution in [0.3, 0.4) is 0 Å². The first-order valence-corrected chi connectivity index (χ1v) is 8.66. The van der Waals surface area contributed by atoms with Crippen LogP contribution in [0.25, 0.3) is 0 Å². The van der Waals surface area contributed by atoms with Gasteiger partial charge in [-0.3, -0.25) is 9.69 Å². The number of carbonyl (C=O) groups excluding carboxylic acids is 1. The van der Waals surface area contributed by atoms with E-state index in [1.54, 1.807) is 11.8 Å². The summed E-state index contributed by atoms with van der Waals surface area (Å²) < 4.78 is 0. The molecular weight excluding hydrogens is 280 g/mol. The summed E-state index contributed by atoms with van der Waals surface area (Å²) in [6, 6.07) is 8.75. The van der Waals surface area contributed by atoms with Crippen molar-refractivity contribution < 1.29 is 4.79 Å². The van der Waals surface area contributed by atoms with E-state index in [0.717, 1.165) is 32.5 Å². The minimum Gasteiger partial charge on any atom is -0.306 e. The molecule has 3 heterocycles. The van der Waals surface area contributed by atoms with Crippen molar-refractivity contribution in [3.05, 3.63) is 47.0 Å². The molecule has 2 unspecified atom stereocenters. The number of benzene rings is 1. The Balaban J connectivity index is 1.40. The molecule has 0 N–H and O–H groups in total. The second-order valence-corrected chi connectivity index (χ2v) is 7.33. The first-order chi connectivity index (χ1) is 10.3. The van der Waals surface area contributed by atoms with E-state index in [9.17, 15) is 4.79 Å². The van der Waals surface area contributed by atoms with Crippen molar-refractivity contribution in [1.82, 2.24) is 9.80 Å². The SMILES string of the molecule is O=C1CC(CN2CCc3ccccc3C2)CC2SC=CN12. The van der Waals surface area contributed by atoms with Crippen molar-refractivity contribution in [3.8, 4) is 0 Å². The molecule has 0 spiro atoms. The normalized spacial score (nSPS) is 28.6. The minimum atomic E-state index is 0.301. The van der Waals surface area contributed by atoms with Crippen LogP contribution in [-0.2, 0) is 17.8 Å². The minimum absolute atomic E-state index is 0.301. The predicted octanol–water partition coefficient (Wildman–Crippen LogP) is 2.83. The summed E-state index contributed by atoms with van der Waals surface area (Å²) in [6.45, 7) is 3.23. The summed E-state index contributed by atoms with van der Waals surface area (Å²) in [5.41, 5.74) is 2.96. The lowest BCUT2D eigenvalue weighted by molar-refractivity contribution is -0.133. The van der Waals surface area contributed by atoms with Crippen LogP contribution in [-0.4, -0.2) is 34.2 Å². The molecule has 2 atom stereocenters. The lowest BCUT2D eigenvalue weighted by Crippen LogP contribution is -2.43. The zero-order valence-corrected chi connectivity index (χ0v) is 12.9. The largest absolute Gasteiger partial charge is 0.306 e. The molecule has 4 heteroatoms. The number of fused-ring (bicyclic) bond motifs is 2. The van der Waals surface area contributed by atoms with E-state index in [-0.39, 0.29) is 0 Å². The highest BCUT2D eigenvalue weighted by Gasteiger charge is 2.35. The molecule has 110 valence electrons. The zero-order chi connectivity index (χ0) is 14.2. The zero-order valence-electron chi connectivity index (χ0n) is 12.1. The third kappa shape index (κ3) is 2.62. The van der Waals surface area contributed by atoms with E-state index < -0.39 is 0 Å². The predicted molar refractivity (Wildman–Crippen MR) is 85.5 cm³/mol. The summed E-state index contributed by atoms with van der Waals surface area (Å²) >= 11 is 1.79. The molecule has 3 aliphatic rings. The van der Waals surface area contributed by atoms with Gasteiger partial charge in [-0.05, 0) is 35.3 Å². The Hall–Kier alpha value is -1.26. The maximum absolute atomic E-state index is 12.2. The highest BCUT2D eigenvalue weighted by Crippen LogP contribution is 2.36. The number of carbonyl (C=O) groups is 1. The van der Waals surface area contributed by atoms with Gasteiger partial charge in [0.2, 0.25) is 5.91 Å². The fourth-order valence-electron chi connectivity index (χ4n) is 3.70. The summed E-state index contributed by atoms with van der Waals surface area (Å²) in [6.07, 6.45) is 4.93. The molecule has 0 saturated carbocycles. The molecule has 1 saturated heterocycles. The third-order valence-electron chi connectivity index (χ3n) is 4.78. The van der Waals surface area contributed by atoms with Gasteiger partial charge in [-0.25, -0.2) is 0 Å². The van der Waals surface area contributed by atoms with Crippen molar-refractivity contribution in [2.45, 2.75) is 31.2 Å². The molecule has 1 fully saturated rings. The quantitative estimate of drug-likeness (QED) is 0.839. The van der Waals surface area contributed by atoms with Crippen LogP contribution in [0.5, 0.6) is 0 Å². The topological polar surface area (TPSA) is 23.6 Å². The van der Waals surface area contributed by atoms with E-state index in [2.05, 4.69) is 34.6 Å². The summed E-state index contributed by atoms with van der Waals surface area (Å²) in [5.74, 6) is 0.811. The molecule has 1 aromatic rings. The smallest absolute Gasteiger partial charge is 0.227 e. The van der Waals surface area contributed by atoms with Gasteiger partial charge in [-0.2, -0.15) is 0 Å². The average Bonchev–Trinajstić information content (AvgIpc) is 2.96. The third-order valence-corrected chi connectivity index (χ3v) is 5.79. The van der Waals surface area contributed by atoms with Gasteiger partial charge in [0, 0.05) is 32.3 Å². The molecule has 4 rings (SSSR count). The Kier molecular flexibility index (Phi) is 3.51. The molecule has 1 aromatic carbocycles. The number of piperidine rings is 1. The van der Waals surface area contributed by atoms with Gasteiger partial charge in [0.1, 0.15) is 0 Å². The van der Waals surface area contributed by atoms with Gasteiger partial charge < -0.3 is 4.90 Å². The van der Waals surface area contributed by atoms with Crippen molar-refractivity contribution in [3.63, 3.8) is 0 Å². The summed E-state index contributed by atoms with van der Waals surface area (Å²) in [5, 5.41) is 2.41. The molecule has 21 heavy (non-hydrogen) atoms. The van der Waals surface area contributed by atoms with Crippen LogP contribution in [0.4, 0.5) is 0 Å². The Morgan fingerprint density at radius 1 is 1.24 bits per heavy atom. The maximum Gasteiger partial charge on any atom is 0.227 e. The number of nitrogens with zero attached hydrogens (tertiary/aromatic N) is 2.